The summed E-state index contributed by atoms with van der Waals surface area (Å²) in [5.74, 6) is 0.305. The van der Waals surface area contributed by atoms with Crippen molar-refractivity contribution in [1.82, 2.24) is 20.7 Å². The van der Waals surface area contributed by atoms with Gasteiger partial charge in [0.05, 0.1) is 11.6 Å². The van der Waals surface area contributed by atoms with E-state index in [1.807, 2.05) is 25.1 Å². The zero-order valence-electron chi connectivity index (χ0n) is 16.8. The first-order valence-corrected chi connectivity index (χ1v) is 10.4. The molecule has 3 rings (SSSR count). The van der Waals surface area contributed by atoms with Gasteiger partial charge in [-0.25, -0.2) is 0 Å². The molecular weight excluding hydrogens is 392 g/mol. The molecule has 8 heteroatoms. The van der Waals surface area contributed by atoms with Crippen molar-refractivity contribution in [3.8, 4) is 11.3 Å². The van der Waals surface area contributed by atoms with Crippen LogP contribution in [0.1, 0.15) is 42.3 Å². The van der Waals surface area contributed by atoms with Crippen molar-refractivity contribution in [1.29, 1.82) is 0 Å². The van der Waals surface area contributed by atoms with Gasteiger partial charge in [-0.2, -0.15) is 0 Å². The molecule has 0 radical (unpaired) electrons. The van der Waals surface area contributed by atoms with E-state index in [-0.39, 0.29) is 17.9 Å². The average molecular weight is 419 g/mol. The molecule has 7 nitrogen and oxygen atoms in total. The second-order valence-electron chi connectivity index (χ2n) is 7.32. The molecule has 0 saturated carbocycles. The minimum atomic E-state index is -0.210. The van der Waals surface area contributed by atoms with Crippen LogP contribution in [0.5, 0.6) is 0 Å². The Morgan fingerprint density at radius 3 is 2.69 bits per heavy atom. The van der Waals surface area contributed by atoms with Crippen LogP contribution < -0.4 is 10.6 Å². The highest BCUT2D eigenvalue weighted by atomic mass is 35.5. The Bertz CT molecular complexity index is 859. The number of amides is 2. The molecule has 156 valence electrons. The Hall–Kier alpha value is -2.38. The lowest BCUT2D eigenvalue weighted by Crippen LogP contribution is -2.47. The topological polar surface area (TPSA) is 87.5 Å². The maximum Gasteiger partial charge on any atom is 0.257 e. The standard InChI is InChI=1S/C21H27ClN4O3/c1-3-10-23-18(27)13-26-11-8-15(9-12-26)24-21(28)19-14(2)29-25-20(19)16-6-4-5-7-17(16)22/h4-7,15H,3,8-13H2,1-2H3,(H,23,27)(H,24,28). The van der Waals surface area contributed by atoms with Gasteiger partial charge in [0.25, 0.3) is 5.91 Å². The van der Waals surface area contributed by atoms with E-state index in [4.69, 9.17) is 16.1 Å². The maximum atomic E-state index is 12.9. The molecule has 0 bridgehead atoms. The SMILES string of the molecule is CCCNC(=O)CN1CCC(NC(=O)c2c(-c3ccccc3Cl)noc2C)CC1. The normalized spacial score (nSPS) is 15.3. The lowest BCUT2D eigenvalue weighted by Gasteiger charge is -2.31. The minimum absolute atomic E-state index is 0.0471. The second kappa shape index (κ2) is 9.89. The summed E-state index contributed by atoms with van der Waals surface area (Å²) in [5, 5.41) is 10.6. The number of hydrogen-bond acceptors (Lipinski definition) is 5. The van der Waals surface area contributed by atoms with Crippen LogP contribution in [0.4, 0.5) is 0 Å². The number of carbonyl (C=O) groups is 2. The fourth-order valence-corrected chi connectivity index (χ4v) is 3.72. The first kappa shape index (κ1) is 21.3. The van der Waals surface area contributed by atoms with Crippen LogP contribution in [0, 0.1) is 6.92 Å². The summed E-state index contributed by atoms with van der Waals surface area (Å²) in [7, 11) is 0. The Kier molecular flexibility index (Phi) is 7.28. The number of hydrogen-bond donors (Lipinski definition) is 2. The van der Waals surface area contributed by atoms with Crippen LogP contribution in [0.25, 0.3) is 11.3 Å². The predicted molar refractivity (Wildman–Crippen MR) is 112 cm³/mol. The smallest absolute Gasteiger partial charge is 0.257 e. The van der Waals surface area contributed by atoms with Gasteiger partial charge in [-0.1, -0.05) is 41.9 Å². The molecule has 1 aliphatic rings. The summed E-state index contributed by atoms with van der Waals surface area (Å²) in [6.45, 7) is 6.40. The highest BCUT2D eigenvalue weighted by molar-refractivity contribution is 6.33. The molecule has 1 fully saturated rings. The van der Waals surface area contributed by atoms with Crippen molar-refractivity contribution in [2.24, 2.45) is 0 Å². The van der Waals surface area contributed by atoms with Crippen molar-refractivity contribution < 1.29 is 14.1 Å². The van der Waals surface area contributed by atoms with E-state index in [2.05, 4.69) is 20.7 Å². The zero-order valence-corrected chi connectivity index (χ0v) is 17.6. The minimum Gasteiger partial charge on any atom is -0.360 e. The fraction of sp³-hybridized carbons (Fsp3) is 0.476. The van der Waals surface area contributed by atoms with Gasteiger partial charge in [0.1, 0.15) is 17.0 Å². The van der Waals surface area contributed by atoms with Gasteiger partial charge >= 0.3 is 0 Å². The molecule has 2 N–H and O–H groups in total. The van der Waals surface area contributed by atoms with Gasteiger partial charge in [0.15, 0.2) is 0 Å². The number of nitrogens with one attached hydrogen (secondary N) is 2. The number of halogens is 1. The highest BCUT2D eigenvalue weighted by Gasteiger charge is 2.27. The first-order valence-electron chi connectivity index (χ1n) is 10.0. The molecule has 1 saturated heterocycles. The quantitative estimate of drug-likeness (QED) is 0.721. The molecule has 29 heavy (non-hydrogen) atoms. The van der Waals surface area contributed by atoms with Gasteiger partial charge in [-0.05, 0) is 32.3 Å². The third-order valence-corrected chi connectivity index (χ3v) is 5.41. The van der Waals surface area contributed by atoms with Crippen molar-refractivity contribution in [3.63, 3.8) is 0 Å². The summed E-state index contributed by atoms with van der Waals surface area (Å²) in [5.41, 5.74) is 1.54. The van der Waals surface area contributed by atoms with E-state index in [1.165, 1.54) is 0 Å². The Balaban J connectivity index is 1.59. The number of benzene rings is 1. The van der Waals surface area contributed by atoms with Gasteiger partial charge in [-0.15, -0.1) is 0 Å². The van der Waals surface area contributed by atoms with Crippen LogP contribution in [0.2, 0.25) is 5.02 Å². The average Bonchev–Trinajstić information content (AvgIpc) is 3.09. The molecule has 1 aliphatic heterocycles. The van der Waals surface area contributed by atoms with Gasteiger partial charge in [0.2, 0.25) is 5.91 Å². The molecule has 0 atom stereocenters. The number of carbonyl (C=O) groups excluding carboxylic acids is 2. The van der Waals surface area contributed by atoms with E-state index in [0.717, 1.165) is 32.4 Å². The third-order valence-electron chi connectivity index (χ3n) is 5.08. The fourth-order valence-electron chi connectivity index (χ4n) is 3.49. The van der Waals surface area contributed by atoms with E-state index >= 15 is 0 Å². The molecule has 2 heterocycles. The molecular formula is C21H27ClN4O3. The number of aryl methyl sites for hydroxylation is 1. The number of nitrogens with zero attached hydrogens (tertiary/aromatic N) is 2. The van der Waals surface area contributed by atoms with Crippen molar-refractivity contribution in [2.75, 3.05) is 26.2 Å². The van der Waals surface area contributed by atoms with Gasteiger partial charge < -0.3 is 15.2 Å². The summed E-state index contributed by atoms with van der Waals surface area (Å²) in [6, 6.07) is 7.30. The monoisotopic (exact) mass is 418 g/mol. The molecule has 0 aliphatic carbocycles. The molecule has 1 aromatic carbocycles. The maximum absolute atomic E-state index is 12.9. The third kappa shape index (κ3) is 5.36. The van der Waals surface area contributed by atoms with Crippen molar-refractivity contribution in [2.45, 2.75) is 39.2 Å². The summed E-state index contributed by atoms with van der Waals surface area (Å²) in [4.78, 5) is 26.9. The highest BCUT2D eigenvalue weighted by Crippen LogP contribution is 2.31. The van der Waals surface area contributed by atoms with Crippen molar-refractivity contribution in [3.05, 3.63) is 40.6 Å². The van der Waals surface area contributed by atoms with E-state index in [9.17, 15) is 9.59 Å². The summed E-state index contributed by atoms with van der Waals surface area (Å²) >= 11 is 6.27. The number of likely N-dealkylation sites (tertiary alicyclic amines) is 1. The zero-order chi connectivity index (χ0) is 20.8. The first-order chi connectivity index (χ1) is 14.0. The van der Waals surface area contributed by atoms with E-state index in [0.29, 0.717) is 40.7 Å². The number of aromatic nitrogens is 1. The number of rotatable bonds is 7. The summed E-state index contributed by atoms with van der Waals surface area (Å²) in [6.07, 6.45) is 2.51. The Morgan fingerprint density at radius 1 is 1.28 bits per heavy atom. The van der Waals surface area contributed by atoms with Crippen LogP contribution in [0.3, 0.4) is 0 Å². The van der Waals surface area contributed by atoms with Crippen LogP contribution in [-0.4, -0.2) is 54.1 Å². The van der Waals surface area contributed by atoms with Gasteiger partial charge in [0, 0.05) is 31.2 Å². The van der Waals surface area contributed by atoms with Crippen LogP contribution in [-0.2, 0) is 4.79 Å². The van der Waals surface area contributed by atoms with Crippen LogP contribution in [0.15, 0.2) is 28.8 Å². The molecule has 0 spiro atoms. The van der Waals surface area contributed by atoms with Crippen LogP contribution >= 0.6 is 11.6 Å². The molecule has 2 amide bonds. The molecule has 1 aromatic heterocycles. The van der Waals surface area contributed by atoms with E-state index in [1.54, 1.807) is 13.0 Å². The van der Waals surface area contributed by atoms with Gasteiger partial charge in [-0.3, -0.25) is 14.5 Å². The Morgan fingerprint density at radius 2 is 2.00 bits per heavy atom. The second-order valence-corrected chi connectivity index (χ2v) is 7.72. The lowest BCUT2D eigenvalue weighted by molar-refractivity contribution is -0.122. The Labute approximate surface area is 175 Å². The number of piperidine rings is 1. The molecule has 2 aromatic rings. The predicted octanol–water partition coefficient (Wildman–Crippen LogP) is 3.02. The molecule has 0 unspecified atom stereocenters. The lowest BCUT2D eigenvalue weighted by atomic mass is 10.0. The summed E-state index contributed by atoms with van der Waals surface area (Å²) < 4.78 is 5.29. The van der Waals surface area contributed by atoms with Crippen molar-refractivity contribution >= 4 is 23.4 Å². The largest absolute Gasteiger partial charge is 0.360 e. The van der Waals surface area contributed by atoms with E-state index < -0.39 is 0 Å².